The first-order valence-corrected chi connectivity index (χ1v) is 6.01. The highest BCUT2D eigenvalue weighted by Crippen LogP contribution is 2.29. The number of furan rings is 1. The van der Waals surface area contributed by atoms with Crippen LogP contribution >= 0.6 is 23.2 Å². The molecule has 0 aliphatic carbocycles. The van der Waals surface area contributed by atoms with Gasteiger partial charge in [-0.1, -0.05) is 17.7 Å². The average molecular weight is 289 g/mol. The fraction of sp³-hybridized carbons (Fsp3) is 0.167. The van der Waals surface area contributed by atoms with Gasteiger partial charge in [-0.3, -0.25) is 11.3 Å². The molecule has 3 nitrogen and oxygen atoms in total. The summed E-state index contributed by atoms with van der Waals surface area (Å²) < 4.78 is 18.7. The second kappa shape index (κ2) is 5.71. The molecule has 18 heavy (non-hydrogen) atoms. The van der Waals surface area contributed by atoms with E-state index in [9.17, 15) is 4.39 Å². The zero-order valence-electron chi connectivity index (χ0n) is 9.29. The van der Waals surface area contributed by atoms with Crippen LogP contribution in [0.4, 0.5) is 4.39 Å². The van der Waals surface area contributed by atoms with Crippen molar-refractivity contribution in [3.8, 4) is 0 Å². The predicted molar refractivity (Wildman–Crippen MR) is 68.9 cm³/mol. The van der Waals surface area contributed by atoms with Crippen molar-refractivity contribution in [2.75, 3.05) is 0 Å². The third-order valence-corrected chi connectivity index (χ3v) is 3.35. The minimum Gasteiger partial charge on any atom is -0.453 e. The molecule has 0 spiro atoms. The zero-order valence-corrected chi connectivity index (χ0v) is 10.8. The van der Waals surface area contributed by atoms with Crippen molar-refractivity contribution in [1.29, 1.82) is 0 Å². The monoisotopic (exact) mass is 288 g/mol. The van der Waals surface area contributed by atoms with E-state index in [4.69, 9.17) is 33.5 Å². The van der Waals surface area contributed by atoms with Crippen LogP contribution in [0.2, 0.25) is 10.2 Å². The Morgan fingerprint density at radius 1 is 1.33 bits per heavy atom. The van der Waals surface area contributed by atoms with Crippen LogP contribution in [0.1, 0.15) is 17.2 Å². The zero-order chi connectivity index (χ0) is 13.1. The molecule has 1 heterocycles. The number of hydrogen-bond donors (Lipinski definition) is 2. The van der Waals surface area contributed by atoms with Gasteiger partial charge in [-0.05, 0) is 36.2 Å². The molecule has 6 heteroatoms. The maximum Gasteiger partial charge on any atom is 0.197 e. The molecule has 0 aliphatic rings. The van der Waals surface area contributed by atoms with E-state index < -0.39 is 0 Å². The number of hydrogen-bond acceptors (Lipinski definition) is 3. The number of benzene rings is 1. The third kappa shape index (κ3) is 2.67. The molecule has 0 saturated heterocycles. The molecule has 2 aromatic rings. The number of halogens is 3. The molecule has 2 rings (SSSR count). The molecular weight excluding hydrogens is 278 g/mol. The number of rotatable bonds is 4. The van der Waals surface area contributed by atoms with Crippen LogP contribution < -0.4 is 11.3 Å². The third-order valence-electron chi connectivity index (χ3n) is 2.69. The van der Waals surface area contributed by atoms with Gasteiger partial charge in [0.1, 0.15) is 5.82 Å². The first kappa shape index (κ1) is 13.4. The Morgan fingerprint density at radius 3 is 2.67 bits per heavy atom. The van der Waals surface area contributed by atoms with Crippen molar-refractivity contribution in [1.82, 2.24) is 5.43 Å². The maximum atomic E-state index is 13.7. The minimum absolute atomic E-state index is 0.227. The molecular formula is C12H11Cl2FN2O. The van der Waals surface area contributed by atoms with Gasteiger partial charge in [-0.15, -0.1) is 0 Å². The predicted octanol–water partition coefficient (Wildman–Crippen LogP) is 3.47. The normalized spacial score (nSPS) is 12.7. The molecule has 0 saturated carbocycles. The van der Waals surface area contributed by atoms with Crippen molar-refractivity contribution in [3.05, 3.63) is 57.7 Å². The van der Waals surface area contributed by atoms with Gasteiger partial charge in [-0.25, -0.2) is 4.39 Å². The molecule has 1 aromatic carbocycles. The van der Waals surface area contributed by atoms with Gasteiger partial charge < -0.3 is 4.42 Å². The average Bonchev–Trinajstić information content (AvgIpc) is 2.76. The SMILES string of the molecule is NNC(Cc1c(F)cccc1Cl)c1ccoc1Cl. The largest absolute Gasteiger partial charge is 0.453 e. The Morgan fingerprint density at radius 2 is 2.11 bits per heavy atom. The Bertz CT molecular complexity index is 524. The smallest absolute Gasteiger partial charge is 0.197 e. The Balaban J connectivity index is 2.29. The van der Waals surface area contributed by atoms with Gasteiger partial charge in [0.25, 0.3) is 0 Å². The molecule has 1 atom stereocenters. The van der Waals surface area contributed by atoms with E-state index in [0.29, 0.717) is 16.1 Å². The van der Waals surface area contributed by atoms with Crippen LogP contribution in [0.15, 0.2) is 34.9 Å². The van der Waals surface area contributed by atoms with Crippen LogP contribution in [0, 0.1) is 5.82 Å². The summed E-state index contributed by atoms with van der Waals surface area (Å²) in [6.07, 6.45) is 1.73. The summed E-state index contributed by atoms with van der Waals surface area (Å²) in [4.78, 5) is 0. The van der Waals surface area contributed by atoms with E-state index >= 15 is 0 Å². The summed E-state index contributed by atoms with van der Waals surface area (Å²) in [7, 11) is 0. The molecule has 1 unspecified atom stereocenters. The molecule has 0 aliphatic heterocycles. The standard InChI is InChI=1S/C12H11Cl2FN2O/c13-9-2-1-3-10(15)8(9)6-11(17-16)7-4-5-18-12(7)14/h1-5,11,17H,6,16H2. The highest BCUT2D eigenvalue weighted by molar-refractivity contribution is 6.31. The Labute approximate surface area is 114 Å². The highest BCUT2D eigenvalue weighted by atomic mass is 35.5. The van der Waals surface area contributed by atoms with Gasteiger partial charge in [-0.2, -0.15) is 0 Å². The van der Waals surface area contributed by atoms with Crippen molar-refractivity contribution < 1.29 is 8.81 Å². The Kier molecular flexibility index (Phi) is 4.24. The lowest BCUT2D eigenvalue weighted by atomic mass is 10.0. The molecule has 0 fully saturated rings. The molecule has 96 valence electrons. The lowest BCUT2D eigenvalue weighted by Gasteiger charge is -2.16. The molecule has 0 radical (unpaired) electrons. The Hall–Kier alpha value is -1.07. The van der Waals surface area contributed by atoms with Crippen LogP contribution in [-0.2, 0) is 6.42 Å². The summed E-state index contributed by atoms with van der Waals surface area (Å²) in [5.41, 5.74) is 3.63. The van der Waals surface area contributed by atoms with Crippen LogP contribution in [0.5, 0.6) is 0 Å². The number of nitrogens with one attached hydrogen (secondary N) is 1. The van der Waals surface area contributed by atoms with Gasteiger partial charge in [0.15, 0.2) is 5.22 Å². The van der Waals surface area contributed by atoms with E-state index in [1.165, 1.54) is 12.3 Å². The molecule has 1 aromatic heterocycles. The van der Waals surface area contributed by atoms with Crippen molar-refractivity contribution in [3.63, 3.8) is 0 Å². The van der Waals surface area contributed by atoms with E-state index in [-0.39, 0.29) is 23.5 Å². The topological polar surface area (TPSA) is 51.2 Å². The fourth-order valence-electron chi connectivity index (χ4n) is 1.74. The second-order valence-corrected chi connectivity index (χ2v) is 4.52. The molecule has 0 bridgehead atoms. The first-order valence-electron chi connectivity index (χ1n) is 5.25. The summed E-state index contributed by atoms with van der Waals surface area (Å²) in [5, 5.41) is 0.584. The maximum absolute atomic E-state index is 13.7. The lowest BCUT2D eigenvalue weighted by Crippen LogP contribution is -2.29. The van der Waals surface area contributed by atoms with E-state index in [0.717, 1.165) is 0 Å². The van der Waals surface area contributed by atoms with Crippen LogP contribution in [0.3, 0.4) is 0 Å². The van der Waals surface area contributed by atoms with Gasteiger partial charge in [0, 0.05) is 16.1 Å². The number of nitrogens with two attached hydrogens (primary N) is 1. The lowest BCUT2D eigenvalue weighted by molar-refractivity contribution is 0.514. The van der Waals surface area contributed by atoms with Crippen LogP contribution in [-0.4, -0.2) is 0 Å². The quantitative estimate of drug-likeness (QED) is 0.669. The first-order chi connectivity index (χ1) is 8.63. The van der Waals surface area contributed by atoms with Crippen molar-refractivity contribution in [2.45, 2.75) is 12.5 Å². The van der Waals surface area contributed by atoms with E-state index in [1.54, 1.807) is 18.2 Å². The minimum atomic E-state index is -0.373. The van der Waals surface area contributed by atoms with E-state index in [1.807, 2.05) is 0 Å². The van der Waals surface area contributed by atoms with Gasteiger partial charge in [0.2, 0.25) is 0 Å². The summed E-state index contributed by atoms with van der Waals surface area (Å²) in [6.45, 7) is 0. The number of hydrazine groups is 1. The molecule has 0 amide bonds. The van der Waals surface area contributed by atoms with E-state index in [2.05, 4.69) is 5.43 Å². The highest BCUT2D eigenvalue weighted by Gasteiger charge is 2.19. The van der Waals surface area contributed by atoms with Crippen molar-refractivity contribution in [2.24, 2.45) is 5.84 Å². The molecule has 3 N–H and O–H groups in total. The fourth-order valence-corrected chi connectivity index (χ4v) is 2.23. The summed E-state index contributed by atoms with van der Waals surface area (Å²) in [5.74, 6) is 5.09. The van der Waals surface area contributed by atoms with Crippen molar-refractivity contribution >= 4 is 23.2 Å². The second-order valence-electron chi connectivity index (χ2n) is 3.77. The summed E-state index contributed by atoms with van der Waals surface area (Å²) in [6, 6.07) is 5.85. The summed E-state index contributed by atoms with van der Waals surface area (Å²) >= 11 is 11.8. The van der Waals surface area contributed by atoms with Gasteiger partial charge in [0.05, 0.1) is 12.3 Å². The van der Waals surface area contributed by atoms with Gasteiger partial charge >= 0.3 is 0 Å². The van der Waals surface area contributed by atoms with Crippen LogP contribution in [0.25, 0.3) is 0 Å².